The summed E-state index contributed by atoms with van der Waals surface area (Å²) in [5, 5.41) is 10.7. The van der Waals surface area contributed by atoms with Gasteiger partial charge in [0, 0.05) is 19.4 Å². The van der Waals surface area contributed by atoms with Gasteiger partial charge in [0.05, 0.1) is 11.5 Å². The number of carbonyl (C=O) groups is 2. The molecule has 1 spiro atoms. The van der Waals surface area contributed by atoms with Crippen molar-refractivity contribution in [3.63, 3.8) is 0 Å². The molecule has 0 aromatic carbocycles. The summed E-state index contributed by atoms with van der Waals surface area (Å²) in [5.41, 5.74) is 1.04. The van der Waals surface area contributed by atoms with Crippen LogP contribution in [-0.2, 0) is 23.8 Å². The Balaban J connectivity index is 2.12. The number of allylic oxidation sites excluding steroid dienone is 3. The summed E-state index contributed by atoms with van der Waals surface area (Å²) in [6.45, 7) is 13.0. The molecule has 1 N–H and O–H groups in total. The second-order valence-electron chi connectivity index (χ2n) is 9.34. The summed E-state index contributed by atoms with van der Waals surface area (Å²) in [6, 6.07) is 0. The lowest BCUT2D eigenvalue weighted by Crippen LogP contribution is -2.56. The molecule has 0 radical (unpaired) electrons. The minimum absolute atomic E-state index is 0.0116. The van der Waals surface area contributed by atoms with E-state index in [0.29, 0.717) is 12.3 Å². The molecule has 3 rings (SSSR count). The Labute approximate surface area is 179 Å². The predicted molar refractivity (Wildman–Crippen MR) is 112 cm³/mol. The molecule has 166 valence electrons. The van der Waals surface area contributed by atoms with Crippen molar-refractivity contribution < 1.29 is 28.9 Å². The molecule has 0 aromatic rings. The van der Waals surface area contributed by atoms with Crippen LogP contribution < -0.4 is 0 Å². The predicted octanol–water partition coefficient (Wildman–Crippen LogP) is 4.05. The maximum Gasteiger partial charge on any atom is 0.305 e. The van der Waals surface area contributed by atoms with E-state index in [-0.39, 0.29) is 11.3 Å². The minimum atomic E-state index is -0.951. The molecule has 6 heteroatoms. The standard InChI is InChI=1S/C24H34O6/c1-7-14(2)8-10-23(6)15(3)9-11-24-19(12-18(27)13-20(23)24)21(28-16(4)25)30-22(24)29-17(5)26/h7-8,12,15,18,20-22,27H,1,9-11,13H2,2-6H3/t15-,18+,20+,21+,22-,23-,24-/m1/s1. The molecule has 0 aromatic heterocycles. The fraction of sp³-hybridized carbons (Fsp3) is 0.667. The lowest BCUT2D eigenvalue weighted by molar-refractivity contribution is -0.235. The van der Waals surface area contributed by atoms with Crippen molar-refractivity contribution in [3.8, 4) is 0 Å². The normalized spacial score (nSPS) is 40.7. The zero-order chi connectivity index (χ0) is 22.3. The van der Waals surface area contributed by atoms with Gasteiger partial charge in [-0.25, -0.2) is 0 Å². The zero-order valence-corrected chi connectivity index (χ0v) is 18.6. The number of ether oxygens (including phenoxy) is 3. The van der Waals surface area contributed by atoms with Gasteiger partial charge in [-0.3, -0.25) is 14.3 Å². The number of hydrogen-bond donors (Lipinski definition) is 1. The number of aliphatic hydroxyl groups excluding tert-OH is 1. The Hall–Kier alpha value is -1.92. The summed E-state index contributed by atoms with van der Waals surface area (Å²) < 4.78 is 17.1. The smallest absolute Gasteiger partial charge is 0.305 e. The van der Waals surface area contributed by atoms with Crippen LogP contribution in [0.25, 0.3) is 0 Å². The molecular formula is C24H34O6. The molecule has 7 atom stereocenters. The highest BCUT2D eigenvalue weighted by Crippen LogP contribution is 2.66. The quantitative estimate of drug-likeness (QED) is 0.412. The Morgan fingerprint density at radius 1 is 1.30 bits per heavy atom. The van der Waals surface area contributed by atoms with Gasteiger partial charge in [-0.2, -0.15) is 0 Å². The van der Waals surface area contributed by atoms with Gasteiger partial charge < -0.3 is 14.6 Å². The second kappa shape index (κ2) is 8.31. The molecule has 1 heterocycles. The molecule has 2 fully saturated rings. The number of esters is 2. The first-order valence-corrected chi connectivity index (χ1v) is 10.7. The summed E-state index contributed by atoms with van der Waals surface area (Å²) in [7, 11) is 0. The molecule has 3 aliphatic rings. The van der Waals surface area contributed by atoms with Gasteiger partial charge in [-0.05, 0) is 55.9 Å². The van der Waals surface area contributed by atoms with E-state index in [1.165, 1.54) is 13.8 Å². The first-order chi connectivity index (χ1) is 14.0. The van der Waals surface area contributed by atoms with E-state index in [0.717, 1.165) is 30.4 Å². The fourth-order valence-corrected chi connectivity index (χ4v) is 5.74. The van der Waals surface area contributed by atoms with E-state index in [9.17, 15) is 14.7 Å². The van der Waals surface area contributed by atoms with Crippen LogP contribution in [0.3, 0.4) is 0 Å². The lowest BCUT2D eigenvalue weighted by Gasteiger charge is -2.58. The van der Waals surface area contributed by atoms with Crippen LogP contribution in [0.1, 0.15) is 60.3 Å². The molecule has 1 aliphatic heterocycles. The van der Waals surface area contributed by atoms with Gasteiger partial charge in [0.25, 0.3) is 0 Å². The van der Waals surface area contributed by atoms with Crippen molar-refractivity contribution in [1.82, 2.24) is 0 Å². The van der Waals surface area contributed by atoms with Crippen LogP contribution in [0.5, 0.6) is 0 Å². The van der Waals surface area contributed by atoms with Crippen LogP contribution in [0.2, 0.25) is 0 Å². The van der Waals surface area contributed by atoms with Crippen molar-refractivity contribution in [3.05, 3.63) is 36.0 Å². The Kier molecular flexibility index (Phi) is 6.30. The topological polar surface area (TPSA) is 82.1 Å². The highest BCUT2D eigenvalue weighted by atomic mass is 16.8. The number of rotatable bonds is 5. The second-order valence-corrected chi connectivity index (χ2v) is 9.34. The summed E-state index contributed by atoms with van der Waals surface area (Å²) >= 11 is 0. The van der Waals surface area contributed by atoms with Gasteiger partial charge in [0.15, 0.2) is 0 Å². The van der Waals surface area contributed by atoms with Gasteiger partial charge in [-0.15, -0.1) is 0 Å². The average molecular weight is 419 g/mol. The van der Waals surface area contributed by atoms with E-state index in [1.807, 2.05) is 13.0 Å². The third-order valence-electron chi connectivity index (χ3n) is 7.57. The largest absolute Gasteiger partial charge is 0.435 e. The van der Waals surface area contributed by atoms with Gasteiger partial charge in [0.1, 0.15) is 0 Å². The lowest BCUT2D eigenvalue weighted by atomic mass is 9.46. The van der Waals surface area contributed by atoms with E-state index < -0.39 is 36.0 Å². The van der Waals surface area contributed by atoms with Crippen molar-refractivity contribution in [2.45, 2.75) is 79.0 Å². The molecule has 2 aliphatic carbocycles. The SMILES string of the molecule is C=CC(C)=CC[C@]1(C)[C@H](C)CC[C@@]23C(=C[C@H](O)C[C@@H]12)[C@@H](OC(C)=O)O[C@H]3OC(C)=O. The monoisotopic (exact) mass is 418 g/mol. The third kappa shape index (κ3) is 3.76. The van der Waals surface area contributed by atoms with Gasteiger partial charge in [0.2, 0.25) is 12.6 Å². The van der Waals surface area contributed by atoms with Crippen LogP contribution in [0, 0.1) is 22.7 Å². The molecule has 0 bridgehead atoms. The van der Waals surface area contributed by atoms with E-state index in [2.05, 4.69) is 26.5 Å². The molecule has 0 unspecified atom stereocenters. The highest BCUT2D eigenvalue weighted by molar-refractivity contribution is 5.67. The Bertz CT molecular complexity index is 783. The number of aliphatic hydroxyl groups is 1. The first-order valence-electron chi connectivity index (χ1n) is 10.7. The van der Waals surface area contributed by atoms with Crippen LogP contribution >= 0.6 is 0 Å². The number of hydrogen-bond acceptors (Lipinski definition) is 6. The molecule has 6 nitrogen and oxygen atoms in total. The maximum atomic E-state index is 11.9. The molecule has 1 saturated carbocycles. The maximum absolute atomic E-state index is 11.9. The Morgan fingerprint density at radius 2 is 1.97 bits per heavy atom. The highest BCUT2D eigenvalue weighted by Gasteiger charge is 2.67. The Morgan fingerprint density at radius 3 is 2.57 bits per heavy atom. The van der Waals surface area contributed by atoms with Crippen molar-refractivity contribution in [1.29, 1.82) is 0 Å². The van der Waals surface area contributed by atoms with Crippen LogP contribution in [0.15, 0.2) is 36.0 Å². The molecule has 0 amide bonds. The fourth-order valence-electron chi connectivity index (χ4n) is 5.74. The van der Waals surface area contributed by atoms with Crippen molar-refractivity contribution in [2.75, 3.05) is 0 Å². The minimum Gasteiger partial charge on any atom is -0.435 e. The summed E-state index contributed by atoms with van der Waals surface area (Å²) in [5.74, 6) is -0.542. The van der Waals surface area contributed by atoms with Crippen LogP contribution in [0.4, 0.5) is 0 Å². The van der Waals surface area contributed by atoms with Gasteiger partial charge >= 0.3 is 11.9 Å². The summed E-state index contributed by atoms with van der Waals surface area (Å²) in [6.07, 6.45) is 6.30. The first kappa shape index (κ1) is 22.8. The molecular weight excluding hydrogens is 384 g/mol. The molecule has 1 saturated heterocycles. The van der Waals surface area contributed by atoms with E-state index >= 15 is 0 Å². The van der Waals surface area contributed by atoms with E-state index in [1.54, 1.807) is 6.08 Å². The third-order valence-corrected chi connectivity index (χ3v) is 7.57. The average Bonchev–Trinajstić information content (AvgIpc) is 2.94. The molecule has 30 heavy (non-hydrogen) atoms. The van der Waals surface area contributed by atoms with Crippen molar-refractivity contribution in [2.24, 2.45) is 22.7 Å². The zero-order valence-electron chi connectivity index (χ0n) is 18.6. The van der Waals surface area contributed by atoms with Gasteiger partial charge in [-0.1, -0.05) is 38.2 Å². The van der Waals surface area contributed by atoms with Crippen LogP contribution in [-0.4, -0.2) is 35.7 Å². The van der Waals surface area contributed by atoms with Crippen molar-refractivity contribution >= 4 is 11.9 Å². The van der Waals surface area contributed by atoms with E-state index in [4.69, 9.17) is 14.2 Å². The number of carbonyl (C=O) groups excluding carboxylic acids is 2. The summed E-state index contributed by atoms with van der Waals surface area (Å²) in [4.78, 5) is 23.6.